The number of hydrogen-bond donors (Lipinski definition) is 2. The summed E-state index contributed by atoms with van der Waals surface area (Å²) >= 11 is 0. The van der Waals surface area contributed by atoms with E-state index < -0.39 is 11.7 Å². The predicted molar refractivity (Wildman–Crippen MR) is 176 cm³/mol. The maximum Gasteiger partial charge on any atom is 0.292 e. The average molecular weight is 643 g/mol. The molecule has 12 nitrogen and oxygen atoms in total. The van der Waals surface area contributed by atoms with Crippen molar-refractivity contribution in [3.05, 3.63) is 124 Å². The van der Waals surface area contributed by atoms with Crippen molar-refractivity contribution in [2.24, 2.45) is 0 Å². The van der Waals surface area contributed by atoms with Crippen molar-refractivity contribution in [3.63, 3.8) is 0 Å². The zero-order valence-corrected chi connectivity index (χ0v) is 25.4. The molecular weight excluding hydrogens is 615 g/mol. The highest BCUT2D eigenvalue weighted by molar-refractivity contribution is 5.96. The summed E-state index contributed by atoms with van der Waals surface area (Å²) in [4.78, 5) is 51.2. The van der Waals surface area contributed by atoms with Crippen LogP contribution in [0.5, 0.6) is 0 Å². The minimum absolute atomic E-state index is 0.0539. The Morgan fingerprint density at radius 1 is 0.896 bits per heavy atom. The van der Waals surface area contributed by atoms with Crippen LogP contribution in [-0.4, -0.2) is 72.4 Å². The lowest BCUT2D eigenvalue weighted by Crippen LogP contribution is -2.51. The Labute approximate surface area is 271 Å². The molecule has 0 radical (unpaired) electrons. The van der Waals surface area contributed by atoms with Crippen LogP contribution >= 0.6 is 0 Å². The molecule has 0 unspecified atom stereocenters. The third-order valence-electron chi connectivity index (χ3n) is 8.72. The van der Waals surface area contributed by atoms with Crippen molar-refractivity contribution in [3.8, 4) is 11.1 Å². The molecule has 3 aromatic carbocycles. The van der Waals surface area contributed by atoms with Crippen LogP contribution in [0.3, 0.4) is 0 Å². The maximum atomic E-state index is 15.0. The van der Waals surface area contributed by atoms with Crippen molar-refractivity contribution < 1.29 is 18.4 Å². The lowest BCUT2D eigenvalue weighted by molar-refractivity contribution is 0.0529. The number of carbonyl (C=O) groups excluding carboxylic acids is 2. The van der Waals surface area contributed by atoms with Crippen molar-refractivity contribution in [2.45, 2.75) is 6.42 Å². The molecule has 0 spiro atoms. The number of nitrogen functional groups attached to an aromatic ring is 1. The number of anilines is 1. The SMILES string of the molecule is Nc1nc2cc(-c3ccc4ncc(C(=O)N5CCN(C(=O)c6cc(Cc7n[nH]c(=O)c8ccccc78)ccc6F)CC5)n4c3)ccc2o1. The van der Waals surface area contributed by atoms with E-state index in [2.05, 4.69) is 20.2 Å². The number of aromatic nitrogens is 5. The first-order valence-electron chi connectivity index (χ1n) is 15.3. The Morgan fingerprint density at radius 2 is 1.65 bits per heavy atom. The van der Waals surface area contributed by atoms with Crippen molar-refractivity contribution >= 4 is 45.3 Å². The lowest BCUT2D eigenvalue weighted by Gasteiger charge is -2.34. The molecule has 4 aromatic heterocycles. The smallest absolute Gasteiger partial charge is 0.292 e. The van der Waals surface area contributed by atoms with E-state index in [0.29, 0.717) is 50.9 Å². The molecular formula is C35H27FN8O4. The Morgan fingerprint density at radius 3 is 2.46 bits per heavy atom. The van der Waals surface area contributed by atoms with E-state index in [4.69, 9.17) is 10.2 Å². The standard InChI is InChI=1S/C35H27FN8O4/c36-26-8-5-20(16-27-23-3-1-2-4-24(23)32(45)41-40-27)15-25(26)33(46)42-11-13-43(14-12-42)34(47)29-18-38-31-10-7-22(19-44(29)31)21-6-9-30-28(17-21)39-35(37)48-30/h1-10,15,17-19H,11-14,16H2,(H2,37,39)(H,41,45). The van der Waals surface area contributed by atoms with Gasteiger partial charge in [0, 0.05) is 44.2 Å². The van der Waals surface area contributed by atoms with Gasteiger partial charge in [0.15, 0.2) is 5.58 Å². The summed E-state index contributed by atoms with van der Waals surface area (Å²) in [6.45, 7) is 1.03. The molecule has 1 saturated heterocycles. The fraction of sp³-hybridized carbons (Fsp3) is 0.143. The second kappa shape index (κ2) is 11.5. The number of fused-ring (bicyclic) bond motifs is 3. The normalized spacial score (nSPS) is 13.5. The molecule has 5 heterocycles. The fourth-order valence-corrected chi connectivity index (χ4v) is 6.23. The largest absolute Gasteiger partial charge is 0.424 e. The van der Waals surface area contributed by atoms with Gasteiger partial charge in [-0.1, -0.05) is 30.3 Å². The number of halogens is 1. The second-order valence-corrected chi connectivity index (χ2v) is 11.6. The highest BCUT2D eigenvalue weighted by Gasteiger charge is 2.28. The number of carbonyl (C=O) groups is 2. The average Bonchev–Trinajstić information content (AvgIpc) is 3.71. The number of imidazole rings is 1. The number of aromatic amines is 1. The van der Waals surface area contributed by atoms with E-state index in [1.54, 1.807) is 44.7 Å². The minimum Gasteiger partial charge on any atom is -0.424 e. The number of nitrogens with one attached hydrogen (secondary N) is 1. The highest BCUT2D eigenvalue weighted by Crippen LogP contribution is 2.27. The monoisotopic (exact) mass is 642 g/mol. The zero-order chi connectivity index (χ0) is 32.9. The van der Waals surface area contributed by atoms with E-state index in [0.717, 1.165) is 11.1 Å². The minimum atomic E-state index is -0.630. The molecule has 13 heteroatoms. The van der Waals surface area contributed by atoms with Gasteiger partial charge in [-0.25, -0.2) is 14.5 Å². The van der Waals surface area contributed by atoms with Gasteiger partial charge in [-0.3, -0.25) is 18.8 Å². The van der Waals surface area contributed by atoms with E-state index in [1.165, 1.54) is 12.1 Å². The van der Waals surface area contributed by atoms with Crippen LogP contribution in [0.25, 0.3) is 38.6 Å². The zero-order valence-electron chi connectivity index (χ0n) is 25.4. The van der Waals surface area contributed by atoms with Gasteiger partial charge in [0.2, 0.25) is 0 Å². The van der Waals surface area contributed by atoms with Crippen LogP contribution in [0.15, 0.2) is 94.4 Å². The summed E-state index contributed by atoms with van der Waals surface area (Å²) in [7, 11) is 0. The van der Waals surface area contributed by atoms with Gasteiger partial charge in [0.1, 0.15) is 22.7 Å². The summed E-state index contributed by atoms with van der Waals surface area (Å²) in [6, 6.07) is 20.9. The van der Waals surface area contributed by atoms with E-state index in [-0.39, 0.29) is 49.2 Å². The first-order valence-corrected chi connectivity index (χ1v) is 15.3. The van der Waals surface area contributed by atoms with Gasteiger partial charge in [-0.15, -0.1) is 0 Å². The van der Waals surface area contributed by atoms with E-state index >= 15 is 0 Å². The summed E-state index contributed by atoms with van der Waals surface area (Å²) in [6.07, 6.45) is 3.69. The van der Waals surface area contributed by atoms with Crippen LogP contribution in [0.4, 0.5) is 10.4 Å². The van der Waals surface area contributed by atoms with Gasteiger partial charge in [0.25, 0.3) is 23.4 Å². The molecule has 0 bridgehead atoms. The number of nitrogens with zero attached hydrogens (tertiary/aromatic N) is 6. The van der Waals surface area contributed by atoms with Crippen LogP contribution in [0, 0.1) is 5.82 Å². The molecule has 48 heavy (non-hydrogen) atoms. The maximum absolute atomic E-state index is 15.0. The first kappa shape index (κ1) is 29.1. The van der Waals surface area contributed by atoms with Crippen molar-refractivity contribution in [1.82, 2.24) is 34.4 Å². The van der Waals surface area contributed by atoms with Crippen LogP contribution in [-0.2, 0) is 6.42 Å². The number of H-pyrrole nitrogens is 1. The Balaban J connectivity index is 0.977. The van der Waals surface area contributed by atoms with Crippen molar-refractivity contribution in [2.75, 3.05) is 31.9 Å². The summed E-state index contributed by atoms with van der Waals surface area (Å²) in [5.41, 5.74) is 10.6. The summed E-state index contributed by atoms with van der Waals surface area (Å²) in [5.74, 6) is -1.31. The molecule has 0 saturated carbocycles. The molecule has 3 N–H and O–H groups in total. The Kier molecular flexibility index (Phi) is 6.94. The van der Waals surface area contributed by atoms with Gasteiger partial charge in [-0.05, 0) is 59.2 Å². The first-order chi connectivity index (χ1) is 23.3. The van der Waals surface area contributed by atoms with Crippen LogP contribution in [0.1, 0.15) is 32.1 Å². The Bertz CT molecular complexity index is 2460. The summed E-state index contributed by atoms with van der Waals surface area (Å²) < 4.78 is 22.1. The van der Waals surface area contributed by atoms with Crippen LogP contribution in [0.2, 0.25) is 0 Å². The molecule has 0 aliphatic carbocycles. The topological polar surface area (TPSA) is 156 Å². The number of nitrogens with two attached hydrogens (primary N) is 1. The number of rotatable bonds is 5. The number of oxazole rings is 1. The van der Waals surface area contributed by atoms with Gasteiger partial charge < -0.3 is 20.0 Å². The van der Waals surface area contributed by atoms with E-state index in [9.17, 15) is 18.8 Å². The number of hydrogen-bond acceptors (Lipinski definition) is 8. The molecule has 1 aliphatic rings. The number of amides is 2. The summed E-state index contributed by atoms with van der Waals surface area (Å²) in [5, 5.41) is 7.92. The highest BCUT2D eigenvalue weighted by atomic mass is 19.1. The van der Waals surface area contributed by atoms with Crippen molar-refractivity contribution in [1.29, 1.82) is 0 Å². The number of pyridine rings is 1. The second-order valence-electron chi connectivity index (χ2n) is 11.6. The molecule has 1 fully saturated rings. The third-order valence-corrected chi connectivity index (χ3v) is 8.72. The molecule has 238 valence electrons. The molecule has 1 aliphatic heterocycles. The van der Waals surface area contributed by atoms with Gasteiger partial charge >= 0.3 is 0 Å². The quantitative estimate of drug-likeness (QED) is 0.282. The molecule has 8 rings (SSSR count). The van der Waals surface area contributed by atoms with E-state index in [1.807, 2.05) is 42.6 Å². The van der Waals surface area contributed by atoms with Gasteiger partial charge in [0.05, 0.1) is 22.8 Å². The van der Waals surface area contributed by atoms with Gasteiger partial charge in [-0.2, -0.15) is 10.1 Å². The fourth-order valence-electron chi connectivity index (χ4n) is 6.23. The number of piperazine rings is 1. The Hall–Kier alpha value is -6.37. The lowest BCUT2D eigenvalue weighted by atomic mass is 10.0. The molecule has 0 atom stereocenters. The molecule has 7 aromatic rings. The molecule has 2 amide bonds. The van der Waals surface area contributed by atoms with Crippen LogP contribution < -0.4 is 11.3 Å². The number of benzene rings is 3. The predicted octanol–water partition coefficient (Wildman–Crippen LogP) is 4.29. The third kappa shape index (κ3) is 5.11.